The third-order valence-corrected chi connectivity index (χ3v) is 3.73. The highest BCUT2D eigenvalue weighted by molar-refractivity contribution is 5.31. The second-order valence-corrected chi connectivity index (χ2v) is 5.29. The summed E-state index contributed by atoms with van der Waals surface area (Å²) in [5.74, 6) is 0.559. The van der Waals surface area contributed by atoms with Gasteiger partial charge in [-0.25, -0.2) is 0 Å². The standard InChI is InChI=1S/C15H21N3O/c1-19-10-13-7-8-18(9-13)12-15(17,11-16)14-5-3-2-4-6-14/h2-6,13H,7-10,12,17H2,1H3. The van der Waals surface area contributed by atoms with Crippen molar-refractivity contribution < 1.29 is 4.74 Å². The van der Waals surface area contributed by atoms with Crippen molar-refractivity contribution in [3.8, 4) is 6.07 Å². The van der Waals surface area contributed by atoms with E-state index in [0.29, 0.717) is 12.5 Å². The summed E-state index contributed by atoms with van der Waals surface area (Å²) in [5.41, 5.74) is 6.24. The molecule has 1 aromatic carbocycles. The fraction of sp³-hybridized carbons (Fsp3) is 0.533. The number of benzene rings is 1. The molecule has 2 atom stereocenters. The molecular weight excluding hydrogens is 238 g/mol. The second-order valence-electron chi connectivity index (χ2n) is 5.29. The summed E-state index contributed by atoms with van der Waals surface area (Å²) in [4.78, 5) is 2.26. The number of hydrogen-bond donors (Lipinski definition) is 1. The molecule has 4 nitrogen and oxygen atoms in total. The summed E-state index contributed by atoms with van der Waals surface area (Å²) in [6.45, 7) is 3.31. The first kappa shape index (κ1) is 14.0. The lowest BCUT2D eigenvalue weighted by molar-refractivity contribution is 0.151. The van der Waals surface area contributed by atoms with Gasteiger partial charge in [-0.15, -0.1) is 0 Å². The first-order chi connectivity index (χ1) is 9.18. The van der Waals surface area contributed by atoms with Gasteiger partial charge >= 0.3 is 0 Å². The Morgan fingerprint density at radius 1 is 1.47 bits per heavy atom. The Labute approximate surface area is 114 Å². The highest BCUT2D eigenvalue weighted by atomic mass is 16.5. The molecule has 19 heavy (non-hydrogen) atoms. The molecule has 1 fully saturated rings. The van der Waals surface area contributed by atoms with E-state index in [1.807, 2.05) is 30.3 Å². The van der Waals surface area contributed by atoms with Gasteiger partial charge in [-0.3, -0.25) is 4.90 Å². The minimum absolute atomic E-state index is 0.559. The predicted molar refractivity (Wildman–Crippen MR) is 74.3 cm³/mol. The van der Waals surface area contributed by atoms with Gasteiger partial charge in [0, 0.05) is 20.2 Å². The number of nitrogens with two attached hydrogens (primary N) is 1. The second kappa shape index (κ2) is 6.16. The zero-order valence-corrected chi connectivity index (χ0v) is 11.4. The highest BCUT2D eigenvalue weighted by Crippen LogP contribution is 2.23. The molecule has 0 radical (unpaired) electrons. The van der Waals surface area contributed by atoms with Crippen LogP contribution in [-0.4, -0.2) is 38.3 Å². The van der Waals surface area contributed by atoms with Crippen LogP contribution in [0.3, 0.4) is 0 Å². The van der Waals surface area contributed by atoms with E-state index in [2.05, 4.69) is 11.0 Å². The number of nitrogens with zero attached hydrogens (tertiary/aromatic N) is 2. The molecule has 0 amide bonds. The van der Waals surface area contributed by atoms with Crippen LogP contribution in [0.4, 0.5) is 0 Å². The number of ether oxygens (including phenoxy) is 1. The van der Waals surface area contributed by atoms with Crippen LogP contribution in [0.15, 0.2) is 30.3 Å². The van der Waals surface area contributed by atoms with E-state index in [4.69, 9.17) is 10.5 Å². The van der Waals surface area contributed by atoms with Gasteiger partial charge < -0.3 is 10.5 Å². The lowest BCUT2D eigenvalue weighted by atomic mass is 9.92. The fourth-order valence-corrected chi connectivity index (χ4v) is 2.71. The van der Waals surface area contributed by atoms with Crippen LogP contribution in [0, 0.1) is 17.2 Å². The van der Waals surface area contributed by atoms with Crippen molar-refractivity contribution in [2.75, 3.05) is 33.4 Å². The lowest BCUT2D eigenvalue weighted by Gasteiger charge is -2.28. The van der Waals surface area contributed by atoms with Crippen LogP contribution in [0.5, 0.6) is 0 Å². The maximum absolute atomic E-state index is 9.44. The predicted octanol–water partition coefficient (Wildman–Crippen LogP) is 1.33. The van der Waals surface area contributed by atoms with Crippen LogP contribution in [0.2, 0.25) is 0 Å². The third-order valence-electron chi connectivity index (χ3n) is 3.73. The van der Waals surface area contributed by atoms with E-state index in [9.17, 15) is 5.26 Å². The van der Waals surface area contributed by atoms with Gasteiger partial charge in [0.15, 0.2) is 0 Å². The smallest absolute Gasteiger partial charge is 0.142 e. The minimum Gasteiger partial charge on any atom is -0.384 e. The topological polar surface area (TPSA) is 62.3 Å². The van der Waals surface area contributed by atoms with E-state index in [-0.39, 0.29) is 0 Å². The molecule has 0 saturated carbocycles. The van der Waals surface area contributed by atoms with Gasteiger partial charge in [-0.1, -0.05) is 30.3 Å². The monoisotopic (exact) mass is 259 g/mol. The molecule has 0 spiro atoms. The van der Waals surface area contributed by atoms with Crippen LogP contribution >= 0.6 is 0 Å². The number of nitriles is 1. The molecule has 0 aromatic heterocycles. The maximum atomic E-state index is 9.44. The maximum Gasteiger partial charge on any atom is 0.142 e. The summed E-state index contributed by atoms with van der Waals surface area (Å²) < 4.78 is 5.19. The van der Waals surface area contributed by atoms with Crippen LogP contribution < -0.4 is 5.73 Å². The summed E-state index contributed by atoms with van der Waals surface area (Å²) in [5, 5.41) is 9.44. The molecule has 0 aliphatic carbocycles. The fourth-order valence-electron chi connectivity index (χ4n) is 2.71. The number of methoxy groups -OCH3 is 1. The van der Waals surface area contributed by atoms with Gasteiger partial charge in [0.25, 0.3) is 0 Å². The van der Waals surface area contributed by atoms with Gasteiger partial charge in [-0.2, -0.15) is 5.26 Å². The summed E-state index contributed by atoms with van der Waals surface area (Å²) in [6.07, 6.45) is 1.12. The van der Waals surface area contributed by atoms with E-state index < -0.39 is 5.54 Å². The molecule has 102 valence electrons. The van der Waals surface area contributed by atoms with Gasteiger partial charge in [0.2, 0.25) is 0 Å². The van der Waals surface area contributed by atoms with Crippen molar-refractivity contribution in [1.29, 1.82) is 5.26 Å². The molecule has 2 rings (SSSR count). The van der Waals surface area contributed by atoms with Gasteiger partial charge in [0.05, 0.1) is 12.7 Å². The average molecular weight is 259 g/mol. The highest BCUT2D eigenvalue weighted by Gasteiger charge is 2.33. The number of hydrogen-bond acceptors (Lipinski definition) is 4. The number of likely N-dealkylation sites (tertiary alicyclic amines) is 1. The lowest BCUT2D eigenvalue weighted by Crippen LogP contribution is -2.46. The SMILES string of the molecule is COCC1CCN(CC(N)(C#N)c2ccccc2)C1. The van der Waals surface area contributed by atoms with Gasteiger partial charge in [-0.05, 0) is 24.4 Å². The molecule has 2 N–H and O–H groups in total. The molecule has 1 saturated heterocycles. The molecule has 1 aliphatic heterocycles. The Bertz CT molecular complexity index is 442. The normalized spacial score (nSPS) is 22.9. The Kier molecular flexibility index (Phi) is 4.54. The molecule has 1 aromatic rings. The summed E-state index contributed by atoms with van der Waals surface area (Å²) >= 11 is 0. The first-order valence-electron chi connectivity index (χ1n) is 6.65. The Hall–Kier alpha value is -1.41. The largest absolute Gasteiger partial charge is 0.384 e. The molecule has 1 heterocycles. The van der Waals surface area contributed by atoms with Crippen molar-refractivity contribution in [3.63, 3.8) is 0 Å². The summed E-state index contributed by atoms with van der Waals surface area (Å²) in [6, 6.07) is 11.9. The van der Waals surface area contributed by atoms with E-state index >= 15 is 0 Å². The van der Waals surface area contributed by atoms with Crippen molar-refractivity contribution >= 4 is 0 Å². The average Bonchev–Trinajstić information content (AvgIpc) is 2.87. The van der Waals surface area contributed by atoms with Crippen LogP contribution in [0.1, 0.15) is 12.0 Å². The first-order valence-corrected chi connectivity index (χ1v) is 6.65. The molecule has 0 bridgehead atoms. The van der Waals surface area contributed by atoms with Crippen molar-refractivity contribution in [1.82, 2.24) is 4.90 Å². The minimum atomic E-state index is -0.927. The summed E-state index contributed by atoms with van der Waals surface area (Å²) in [7, 11) is 1.73. The van der Waals surface area contributed by atoms with Gasteiger partial charge in [0.1, 0.15) is 5.54 Å². The molecular formula is C15H21N3O. The van der Waals surface area contributed by atoms with Crippen molar-refractivity contribution in [2.45, 2.75) is 12.0 Å². The van der Waals surface area contributed by atoms with Crippen molar-refractivity contribution in [2.24, 2.45) is 11.7 Å². The molecule has 2 unspecified atom stereocenters. The Morgan fingerprint density at radius 3 is 2.84 bits per heavy atom. The van der Waals surface area contributed by atoms with Crippen molar-refractivity contribution in [3.05, 3.63) is 35.9 Å². The van der Waals surface area contributed by atoms with E-state index in [1.54, 1.807) is 7.11 Å². The Morgan fingerprint density at radius 2 is 2.21 bits per heavy atom. The molecule has 1 aliphatic rings. The van der Waals surface area contributed by atoms with E-state index in [1.165, 1.54) is 0 Å². The van der Waals surface area contributed by atoms with Crippen LogP contribution in [0.25, 0.3) is 0 Å². The third kappa shape index (κ3) is 3.32. The van der Waals surface area contributed by atoms with Crippen LogP contribution in [-0.2, 0) is 10.3 Å². The molecule has 4 heteroatoms. The quantitative estimate of drug-likeness (QED) is 0.866. The Balaban J connectivity index is 2.03. The van der Waals surface area contributed by atoms with E-state index in [0.717, 1.165) is 31.7 Å². The number of rotatable bonds is 5. The zero-order chi connectivity index (χ0) is 13.7. The zero-order valence-electron chi connectivity index (χ0n) is 11.4.